The number of halogens is 1. The van der Waals surface area contributed by atoms with Crippen LogP contribution in [0.2, 0.25) is 0 Å². The summed E-state index contributed by atoms with van der Waals surface area (Å²) in [4.78, 5) is 19.8. The number of anilines is 1. The topological polar surface area (TPSA) is 36.4 Å². The normalized spacial score (nSPS) is 18.0. The number of aromatic nitrogens is 1. The lowest BCUT2D eigenvalue weighted by molar-refractivity contribution is -0.130. The Morgan fingerprint density at radius 3 is 2.41 bits per heavy atom. The van der Waals surface area contributed by atoms with Gasteiger partial charge in [0, 0.05) is 44.3 Å². The predicted molar refractivity (Wildman–Crippen MR) is 68.3 cm³/mol. The van der Waals surface area contributed by atoms with Crippen molar-refractivity contribution in [3.05, 3.63) is 24.5 Å². The SMILES string of the molecule is C[C@H](Cl)C(=O)N1CCN(c2ccncc2)CC1. The highest BCUT2D eigenvalue weighted by atomic mass is 35.5. The largest absolute Gasteiger partial charge is 0.368 e. The number of carbonyl (C=O) groups is 1. The molecule has 1 saturated heterocycles. The standard InChI is InChI=1S/C12H16ClN3O/c1-10(13)12(17)16-8-6-15(7-9-16)11-2-4-14-5-3-11/h2-5,10H,6-9H2,1H3/t10-/m0/s1. The number of pyridine rings is 1. The third-order valence-corrected chi connectivity index (χ3v) is 3.15. The van der Waals surface area contributed by atoms with Crippen molar-refractivity contribution >= 4 is 23.2 Å². The second kappa shape index (κ2) is 5.36. The predicted octanol–water partition coefficient (Wildman–Crippen LogP) is 1.36. The van der Waals surface area contributed by atoms with Crippen LogP contribution in [0.4, 0.5) is 5.69 Å². The van der Waals surface area contributed by atoms with Gasteiger partial charge in [-0.2, -0.15) is 0 Å². The van der Waals surface area contributed by atoms with Gasteiger partial charge in [-0.3, -0.25) is 9.78 Å². The van der Waals surface area contributed by atoms with E-state index < -0.39 is 5.38 Å². The highest BCUT2D eigenvalue weighted by Gasteiger charge is 2.23. The molecule has 0 aliphatic carbocycles. The van der Waals surface area contributed by atoms with Gasteiger partial charge in [-0.15, -0.1) is 11.6 Å². The van der Waals surface area contributed by atoms with Crippen molar-refractivity contribution in [1.82, 2.24) is 9.88 Å². The second-order valence-corrected chi connectivity index (χ2v) is 4.79. The minimum absolute atomic E-state index is 0.0287. The van der Waals surface area contributed by atoms with Gasteiger partial charge in [-0.25, -0.2) is 0 Å². The zero-order chi connectivity index (χ0) is 12.3. The molecule has 1 atom stereocenters. The molecule has 92 valence electrons. The number of amides is 1. The molecule has 4 nitrogen and oxygen atoms in total. The van der Waals surface area contributed by atoms with E-state index in [1.54, 1.807) is 19.3 Å². The van der Waals surface area contributed by atoms with Crippen LogP contribution in [-0.2, 0) is 4.79 Å². The lowest BCUT2D eigenvalue weighted by Gasteiger charge is -2.36. The van der Waals surface area contributed by atoms with E-state index in [4.69, 9.17) is 11.6 Å². The van der Waals surface area contributed by atoms with E-state index in [1.165, 1.54) is 0 Å². The van der Waals surface area contributed by atoms with Crippen LogP contribution in [0.1, 0.15) is 6.92 Å². The summed E-state index contributed by atoms with van der Waals surface area (Å²) >= 11 is 5.80. The molecule has 0 saturated carbocycles. The van der Waals surface area contributed by atoms with E-state index >= 15 is 0 Å². The molecule has 0 aromatic carbocycles. The summed E-state index contributed by atoms with van der Waals surface area (Å²) in [6.07, 6.45) is 3.57. The number of rotatable bonds is 2. The summed E-state index contributed by atoms with van der Waals surface area (Å²) in [7, 11) is 0. The molecule has 17 heavy (non-hydrogen) atoms. The van der Waals surface area contributed by atoms with Crippen LogP contribution in [0, 0.1) is 0 Å². The number of piperazine rings is 1. The number of hydrogen-bond donors (Lipinski definition) is 0. The van der Waals surface area contributed by atoms with E-state index in [2.05, 4.69) is 9.88 Å². The van der Waals surface area contributed by atoms with Gasteiger partial charge in [-0.05, 0) is 19.1 Å². The van der Waals surface area contributed by atoms with Crippen LogP contribution in [0.5, 0.6) is 0 Å². The minimum Gasteiger partial charge on any atom is -0.368 e. The van der Waals surface area contributed by atoms with Crippen molar-refractivity contribution in [1.29, 1.82) is 0 Å². The third kappa shape index (κ3) is 2.88. The minimum atomic E-state index is -0.428. The van der Waals surface area contributed by atoms with Gasteiger partial charge in [0.25, 0.3) is 0 Å². The molecule has 1 aliphatic heterocycles. The molecule has 0 spiro atoms. The second-order valence-electron chi connectivity index (χ2n) is 4.13. The fourth-order valence-electron chi connectivity index (χ4n) is 1.99. The Morgan fingerprint density at radius 1 is 1.29 bits per heavy atom. The molecule has 0 radical (unpaired) electrons. The van der Waals surface area contributed by atoms with Crippen molar-refractivity contribution in [2.75, 3.05) is 31.1 Å². The first kappa shape index (κ1) is 12.2. The Balaban J connectivity index is 1.93. The Morgan fingerprint density at radius 2 is 1.88 bits per heavy atom. The van der Waals surface area contributed by atoms with Gasteiger partial charge in [-0.1, -0.05) is 0 Å². The number of carbonyl (C=O) groups excluding carboxylic acids is 1. The third-order valence-electron chi connectivity index (χ3n) is 2.96. The monoisotopic (exact) mass is 253 g/mol. The molecule has 1 aliphatic rings. The molecule has 0 unspecified atom stereocenters. The first-order valence-electron chi connectivity index (χ1n) is 5.76. The highest BCUT2D eigenvalue weighted by molar-refractivity contribution is 6.30. The first-order valence-corrected chi connectivity index (χ1v) is 6.20. The lowest BCUT2D eigenvalue weighted by Crippen LogP contribution is -2.50. The number of nitrogens with zero attached hydrogens (tertiary/aromatic N) is 3. The van der Waals surface area contributed by atoms with Crippen LogP contribution in [0.25, 0.3) is 0 Å². The molecule has 1 fully saturated rings. The van der Waals surface area contributed by atoms with Crippen LogP contribution >= 0.6 is 11.6 Å². The zero-order valence-corrected chi connectivity index (χ0v) is 10.6. The van der Waals surface area contributed by atoms with Gasteiger partial charge in [0.05, 0.1) is 0 Å². The fourth-order valence-corrected chi connectivity index (χ4v) is 2.13. The molecule has 1 aromatic rings. The number of alkyl halides is 1. The van der Waals surface area contributed by atoms with E-state index in [0.717, 1.165) is 31.9 Å². The maximum absolute atomic E-state index is 11.7. The van der Waals surface area contributed by atoms with Crippen molar-refractivity contribution in [3.8, 4) is 0 Å². The first-order chi connectivity index (χ1) is 8.18. The molecule has 1 aromatic heterocycles. The van der Waals surface area contributed by atoms with Crippen LogP contribution in [0.3, 0.4) is 0 Å². The maximum Gasteiger partial charge on any atom is 0.240 e. The zero-order valence-electron chi connectivity index (χ0n) is 9.84. The van der Waals surface area contributed by atoms with E-state index in [-0.39, 0.29) is 5.91 Å². The average Bonchev–Trinajstić information content (AvgIpc) is 2.39. The van der Waals surface area contributed by atoms with E-state index in [9.17, 15) is 4.79 Å². The molecule has 2 rings (SSSR count). The van der Waals surface area contributed by atoms with E-state index in [1.807, 2.05) is 17.0 Å². The molecule has 1 amide bonds. The highest BCUT2D eigenvalue weighted by Crippen LogP contribution is 2.15. The summed E-state index contributed by atoms with van der Waals surface area (Å²) in [6.45, 7) is 4.88. The van der Waals surface area contributed by atoms with Gasteiger partial charge >= 0.3 is 0 Å². The van der Waals surface area contributed by atoms with Gasteiger partial charge in [0.2, 0.25) is 5.91 Å². The lowest BCUT2D eigenvalue weighted by atomic mass is 10.2. The summed E-state index contributed by atoms with van der Waals surface area (Å²) < 4.78 is 0. The van der Waals surface area contributed by atoms with Crippen LogP contribution in [0.15, 0.2) is 24.5 Å². The molecule has 0 N–H and O–H groups in total. The Bertz CT molecular complexity index is 375. The Labute approximate surface area is 106 Å². The smallest absolute Gasteiger partial charge is 0.240 e. The Kier molecular flexibility index (Phi) is 3.84. The van der Waals surface area contributed by atoms with Crippen molar-refractivity contribution < 1.29 is 4.79 Å². The molecule has 5 heteroatoms. The quantitative estimate of drug-likeness (QED) is 0.747. The van der Waals surface area contributed by atoms with Gasteiger partial charge < -0.3 is 9.80 Å². The van der Waals surface area contributed by atoms with E-state index in [0.29, 0.717) is 0 Å². The maximum atomic E-state index is 11.7. The summed E-state index contributed by atoms with van der Waals surface area (Å²) in [6, 6.07) is 3.98. The molecular weight excluding hydrogens is 238 g/mol. The average molecular weight is 254 g/mol. The van der Waals surface area contributed by atoms with Crippen molar-refractivity contribution in [3.63, 3.8) is 0 Å². The summed E-state index contributed by atoms with van der Waals surface area (Å²) in [5, 5.41) is -0.428. The fraction of sp³-hybridized carbons (Fsp3) is 0.500. The van der Waals surface area contributed by atoms with Crippen molar-refractivity contribution in [2.24, 2.45) is 0 Å². The van der Waals surface area contributed by atoms with Crippen LogP contribution < -0.4 is 4.90 Å². The van der Waals surface area contributed by atoms with Gasteiger partial charge in [0.1, 0.15) is 5.38 Å². The van der Waals surface area contributed by atoms with Crippen molar-refractivity contribution in [2.45, 2.75) is 12.3 Å². The molecule has 0 bridgehead atoms. The Hall–Kier alpha value is -1.29. The molecular formula is C12H16ClN3O. The van der Waals surface area contributed by atoms with Gasteiger partial charge in [0.15, 0.2) is 0 Å². The molecule has 2 heterocycles. The summed E-state index contributed by atoms with van der Waals surface area (Å²) in [5.74, 6) is 0.0287. The summed E-state index contributed by atoms with van der Waals surface area (Å²) in [5.41, 5.74) is 1.16. The number of hydrogen-bond acceptors (Lipinski definition) is 3. The van der Waals surface area contributed by atoms with Crippen LogP contribution in [-0.4, -0.2) is 47.3 Å².